The van der Waals surface area contributed by atoms with Crippen LogP contribution in [0.3, 0.4) is 0 Å². The van der Waals surface area contributed by atoms with E-state index in [-0.39, 0.29) is 24.9 Å². The van der Waals surface area contributed by atoms with Crippen molar-refractivity contribution in [3.63, 3.8) is 0 Å². The van der Waals surface area contributed by atoms with Gasteiger partial charge in [-0.25, -0.2) is 17.9 Å². The lowest BCUT2D eigenvalue weighted by Gasteiger charge is -2.21. The van der Waals surface area contributed by atoms with Crippen LogP contribution < -0.4 is 14.8 Å². The Morgan fingerprint density at radius 2 is 1.66 bits per heavy atom. The summed E-state index contributed by atoms with van der Waals surface area (Å²) in [4.78, 5) is 14.3. The highest BCUT2D eigenvalue weighted by Gasteiger charge is 2.16. The number of carbonyl (C=O) groups excluding carboxylic acids is 1. The fourth-order valence-corrected chi connectivity index (χ4v) is 4.93. The van der Waals surface area contributed by atoms with Crippen molar-refractivity contribution in [1.82, 2.24) is 14.9 Å². The zero-order chi connectivity index (χ0) is 25.6. The zero-order valence-electron chi connectivity index (χ0n) is 19.0. The number of halogens is 3. The van der Waals surface area contributed by atoms with Crippen molar-refractivity contribution in [2.45, 2.75) is 18.8 Å². The maximum Gasteiger partial charge on any atom is 0.317 e. The molecule has 11 heteroatoms. The lowest BCUT2D eigenvalue weighted by molar-refractivity contribution is 0.206. The second kappa shape index (κ2) is 12.1. The average Bonchev–Trinajstić information content (AvgIpc) is 2.79. The number of sulfonamides is 1. The molecule has 35 heavy (non-hydrogen) atoms. The minimum atomic E-state index is -3.44. The Bertz CT molecular complexity index is 1300. The third-order valence-corrected chi connectivity index (χ3v) is 7.30. The predicted molar refractivity (Wildman–Crippen MR) is 143 cm³/mol. The summed E-state index contributed by atoms with van der Waals surface area (Å²) in [6.07, 6.45) is 0. The summed E-state index contributed by atoms with van der Waals surface area (Å²) in [7, 11) is -0.405. The number of amides is 2. The Morgan fingerprint density at radius 3 is 2.31 bits per heavy atom. The molecular weight excluding hydrogens is 577 g/mol. The summed E-state index contributed by atoms with van der Waals surface area (Å²) in [5, 5.41) is 3.74. The molecule has 0 aliphatic heterocycles. The van der Waals surface area contributed by atoms with Gasteiger partial charge in [-0.2, -0.15) is 0 Å². The molecule has 0 saturated carbocycles. The predicted octanol–water partition coefficient (Wildman–Crippen LogP) is 5.94. The molecule has 2 amide bonds. The average molecular weight is 601 g/mol. The number of nitrogens with one attached hydrogen (secondary N) is 2. The standard InChI is InChI=1S/C24H24BrCl2N3O4S/c1-28-35(32,33)15-18-6-4-3-5-16(18)13-29-24(31)30(2)14-17-7-8-19(25)9-23(17)34-22-11-20(26)10-21(27)12-22/h3-12,28H,13-15H2,1-2H3,(H,29,31). The number of urea groups is 1. The first-order valence-electron chi connectivity index (χ1n) is 10.5. The molecule has 7 nitrogen and oxygen atoms in total. The first-order chi connectivity index (χ1) is 16.6. The van der Waals surface area contributed by atoms with Crippen LogP contribution in [-0.4, -0.2) is 33.4 Å². The first kappa shape index (κ1) is 27.3. The molecule has 186 valence electrons. The molecule has 0 heterocycles. The van der Waals surface area contributed by atoms with Crippen LogP contribution in [0.1, 0.15) is 16.7 Å². The summed E-state index contributed by atoms with van der Waals surface area (Å²) in [6.45, 7) is 0.446. The summed E-state index contributed by atoms with van der Waals surface area (Å²) in [5.41, 5.74) is 2.11. The molecule has 0 radical (unpaired) electrons. The van der Waals surface area contributed by atoms with E-state index in [1.54, 1.807) is 55.6 Å². The minimum absolute atomic E-state index is 0.168. The largest absolute Gasteiger partial charge is 0.457 e. The van der Waals surface area contributed by atoms with E-state index in [2.05, 4.69) is 26.0 Å². The second-order valence-corrected chi connectivity index (χ2v) is 11.4. The van der Waals surface area contributed by atoms with Gasteiger partial charge in [0.1, 0.15) is 11.5 Å². The third-order valence-electron chi connectivity index (χ3n) is 5.05. The van der Waals surface area contributed by atoms with E-state index in [1.807, 2.05) is 12.1 Å². The molecule has 0 saturated heterocycles. The Morgan fingerprint density at radius 1 is 1.00 bits per heavy atom. The van der Waals surface area contributed by atoms with Crippen LogP contribution in [0.15, 0.2) is 65.1 Å². The van der Waals surface area contributed by atoms with E-state index < -0.39 is 10.0 Å². The Hall–Kier alpha value is -2.30. The van der Waals surface area contributed by atoms with Gasteiger partial charge in [-0.3, -0.25) is 0 Å². The van der Waals surface area contributed by atoms with Crippen molar-refractivity contribution in [3.05, 3.63) is 91.9 Å². The van der Waals surface area contributed by atoms with Crippen molar-refractivity contribution in [2.24, 2.45) is 0 Å². The summed E-state index contributed by atoms with van der Waals surface area (Å²) >= 11 is 15.6. The smallest absolute Gasteiger partial charge is 0.317 e. The van der Waals surface area contributed by atoms with E-state index >= 15 is 0 Å². The van der Waals surface area contributed by atoms with Crippen LogP contribution in [0.25, 0.3) is 0 Å². The Kier molecular flexibility index (Phi) is 9.43. The van der Waals surface area contributed by atoms with Gasteiger partial charge in [-0.05, 0) is 48.5 Å². The van der Waals surface area contributed by atoms with Crippen molar-refractivity contribution < 1.29 is 17.9 Å². The van der Waals surface area contributed by atoms with Crippen molar-refractivity contribution in [2.75, 3.05) is 14.1 Å². The number of carbonyl (C=O) groups is 1. The molecular formula is C24H24BrCl2N3O4S. The highest BCUT2D eigenvalue weighted by atomic mass is 79.9. The van der Waals surface area contributed by atoms with Gasteiger partial charge in [-0.1, -0.05) is 69.5 Å². The third kappa shape index (κ3) is 8.12. The number of nitrogens with zero attached hydrogens (tertiary/aromatic N) is 1. The van der Waals surface area contributed by atoms with Crippen LogP contribution in [0.4, 0.5) is 4.79 Å². The topological polar surface area (TPSA) is 87.7 Å². The highest BCUT2D eigenvalue weighted by Crippen LogP contribution is 2.32. The second-order valence-electron chi connectivity index (χ2n) is 7.71. The SMILES string of the molecule is CNS(=O)(=O)Cc1ccccc1CNC(=O)N(C)Cc1ccc(Br)cc1Oc1cc(Cl)cc(Cl)c1. The van der Waals surface area contributed by atoms with E-state index in [1.165, 1.54) is 11.9 Å². The van der Waals surface area contributed by atoms with Gasteiger partial charge in [0.25, 0.3) is 0 Å². The Balaban J connectivity index is 1.70. The number of benzene rings is 3. The minimum Gasteiger partial charge on any atom is -0.457 e. The number of ether oxygens (including phenoxy) is 1. The normalized spacial score (nSPS) is 11.2. The molecule has 0 bridgehead atoms. The van der Waals surface area contributed by atoms with Gasteiger partial charge in [0.2, 0.25) is 10.0 Å². The van der Waals surface area contributed by atoms with E-state index in [9.17, 15) is 13.2 Å². The molecule has 0 fully saturated rings. The van der Waals surface area contributed by atoms with E-state index in [0.717, 1.165) is 15.6 Å². The molecule has 3 aromatic carbocycles. The first-order valence-corrected chi connectivity index (χ1v) is 13.7. The van der Waals surface area contributed by atoms with Gasteiger partial charge in [0.05, 0.1) is 12.3 Å². The fourth-order valence-electron chi connectivity index (χ4n) is 3.25. The van der Waals surface area contributed by atoms with Gasteiger partial charge >= 0.3 is 6.03 Å². The molecule has 2 N–H and O–H groups in total. The van der Waals surface area contributed by atoms with Gasteiger partial charge in [-0.15, -0.1) is 0 Å². The molecule has 0 spiro atoms. The monoisotopic (exact) mass is 599 g/mol. The molecule has 0 aliphatic rings. The highest BCUT2D eigenvalue weighted by molar-refractivity contribution is 9.10. The fraction of sp³-hybridized carbons (Fsp3) is 0.208. The van der Waals surface area contributed by atoms with E-state index in [0.29, 0.717) is 27.1 Å². The lowest BCUT2D eigenvalue weighted by Crippen LogP contribution is -2.36. The van der Waals surface area contributed by atoms with Crippen LogP contribution in [0, 0.1) is 0 Å². The van der Waals surface area contributed by atoms with Crippen LogP contribution >= 0.6 is 39.1 Å². The molecule has 0 aliphatic carbocycles. The molecule has 3 rings (SSSR count). The summed E-state index contributed by atoms with van der Waals surface area (Å²) < 4.78 is 33.0. The van der Waals surface area contributed by atoms with Crippen LogP contribution in [-0.2, 0) is 28.9 Å². The lowest BCUT2D eigenvalue weighted by atomic mass is 10.1. The molecule has 0 unspecified atom stereocenters. The zero-order valence-corrected chi connectivity index (χ0v) is 22.9. The number of hydrogen-bond donors (Lipinski definition) is 2. The van der Waals surface area contributed by atoms with Gasteiger partial charge in [0, 0.05) is 33.7 Å². The van der Waals surface area contributed by atoms with Crippen molar-refractivity contribution >= 4 is 55.2 Å². The van der Waals surface area contributed by atoms with Crippen LogP contribution in [0.5, 0.6) is 11.5 Å². The number of hydrogen-bond acceptors (Lipinski definition) is 4. The van der Waals surface area contributed by atoms with Gasteiger partial charge < -0.3 is 15.0 Å². The number of rotatable bonds is 9. The molecule has 3 aromatic rings. The van der Waals surface area contributed by atoms with Crippen molar-refractivity contribution in [3.8, 4) is 11.5 Å². The van der Waals surface area contributed by atoms with Crippen molar-refractivity contribution in [1.29, 1.82) is 0 Å². The Labute approximate surface area is 223 Å². The van der Waals surface area contributed by atoms with Gasteiger partial charge in [0.15, 0.2) is 0 Å². The maximum absolute atomic E-state index is 12.8. The summed E-state index contributed by atoms with van der Waals surface area (Å²) in [6, 6.07) is 17.2. The van der Waals surface area contributed by atoms with E-state index in [4.69, 9.17) is 27.9 Å². The maximum atomic E-state index is 12.8. The summed E-state index contributed by atoms with van der Waals surface area (Å²) in [5.74, 6) is 0.848. The van der Waals surface area contributed by atoms with Crippen LogP contribution in [0.2, 0.25) is 10.0 Å². The molecule has 0 atom stereocenters. The quantitative estimate of drug-likeness (QED) is 0.318. The molecule has 0 aromatic heterocycles.